The molecule has 4 rings (SSSR count). The van der Waals surface area contributed by atoms with Gasteiger partial charge in [0.25, 0.3) is 0 Å². The zero-order chi connectivity index (χ0) is 22.7. The van der Waals surface area contributed by atoms with Crippen molar-refractivity contribution in [3.63, 3.8) is 0 Å². The van der Waals surface area contributed by atoms with Gasteiger partial charge in [-0.25, -0.2) is 15.0 Å². The van der Waals surface area contributed by atoms with Gasteiger partial charge in [0.2, 0.25) is 0 Å². The third-order valence-electron chi connectivity index (χ3n) is 4.97. The lowest BCUT2D eigenvalue weighted by molar-refractivity contribution is -0.143. The second kappa shape index (κ2) is 8.88. The summed E-state index contributed by atoms with van der Waals surface area (Å²) in [6.45, 7) is -0.129. The molecule has 1 N–H and O–H groups in total. The van der Waals surface area contributed by atoms with Crippen LogP contribution in [0.4, 0.5) is 13.2 Å². The number of alkyl halides is 3. The summed E-state index contributed by atoms with van der Waals surface area (Å²) in [7, 11) is 0. The van der Waals surface area contributed by atoms with Gasteiger partial charge in [-0.2, -0.15) is 13.2 Å². The average Bonchev–Trinajstić information content (AvgIpc) is 3.21. The van der Waals surface area contributed by atoms with Gasteiger partial charge < -0.3 is 5.11 Å². The van der Waals surface area contributed by atoms with Crippen LogP contribution in [0.2, 0.25) is 0 Å². The summed E-state index contributed by atoms with van der Waals surface area (Å²) in [4.78, 5) is 24.9. The first-order chi connectivity index (χ1) is 15.3. The molecule has 0 saturated carbocycles. The minimum Gasteiger partial charge on any atom is -0.392 e. The van der Waals surface area contributed by atoms with E-state index in [4.69, 9.17) is 5.11 Å². The number of aliphatic hydroxyl groups excluding tert-OH is 1. The predicted octanol–water partition coefficient (Wildman–Crippen LogP) is 4.40. The van der Waals surface area contributed by atoms with Gasteiger partial charge >= 0.3 is 6.18 Å². The molecule has 3 aromatic heterocycles. The molecule has 0 aliphatic heterocycles. The zero-order valence-corrected chi connectivity index (χ0v) is 16.9. The highest BCUT2D eigenvalue weighted by Crippen LogP contribution is 2.26. The molecule has 3 heterocycles. The Morgan fingerprint density at radius 1 is 0.969 bits per heavy atom. The third-order valence-corrected chi connectivity index (χ3v) is 4.97. The van der Waals surface area contributed by atoms with Crippen LogP contribution in [0.3, 0.4) is 0 Å². The Balaban J connectivity index is 1.56. The standard InChI is InChI=1S/C23H19F3N4O2/c24-23(25,26)6-4-19(32)9-15-2-1-3-17(8-15)20-13-27-21-10-18(5-7-30(20)21)22-28-11-16(14-31)12-29-22/h1-3,5,7-8,10-13,31H,4,6,9,14H2. The summed E-state index contributed by atoms with van der Waals surface area (Å²) in [5.41, 5.74) is 4.29. The Morgan fingerprint density at radius 3 is 2.47 bits per heavy atom. The largest absolute Gasteiger partial charge is 0.392 e. The fourth-order valence-electron chi connectivity index (χ4n) is 3.36. The number of imidazole rings is 1. The Labute approximate surface area is 181 Å². The maximum atomic E-state index is 12.3. The molecule has 0 fully saturated rings. The number of halogens is 3. The van der Waals surface area contributed by atoms with Gasteiger partial charge in [0.1, 0.15) is 11.4 Å². The summed E-state index contributed by atoms with van der Waals surface area (Å²) < 4.78 is 38.9. The summed E-state index contributed by atoms with van der Waals surface area (Å²) in [5, 5.41) is 9.12. The highest BCUT2D eigenvalue weighted by Gasteiger charge is 2.27. The zero-order valence-electron chi connectivity index (χ0n) is 16.9. The number of carbonyl (C=O) groups excluding carboxylic acids is 1. The summed E-state index contributed by atoms with van der Waals surface area (Å²) in [5.74, 6) is 0.0584. The van der Waals surface area contributed by atoms with E-state index in [1.54, 1.807) is 36.8 Å². The molecule has 4 aromatic rings. The predicted molar refractivity (Wildman–Crippen MR) is 112 cm³/mol. The Bertz CT molecular complexity index is 1250. The smallest absolute Gasteiger partial charge is 0.389 e. The van der Waals surface area contributed by atoms with Gasteiger partial charge in [0.05, 0.1) is 24.9 Å². The fourth-order valence-corrected chi connectivity index (χ4v) is 3.36. The van der Waals surface area contributed by atoms with Crippen LogP contribution < -0.4 is 0 Å². The van der Waals surface area contributed by atoms with Crippen molar-refractivity contribution in [2.24, 2.45) is 0 Å². The van der Waals surface area contributed by atoms with Crippen LogP contribution in [0.5, 0.6) is 0 Å². The molecule has 32 heavy (non-hydrogen) atoms. The number of ketones is 1. The third kappa shape index (κ3) is 5.00. The van der Waals surface area contributed by atoms with Gasteiger partial charge in [0, 0.05) is 48.1 Å². The number of benzene rings is 1. The highest BCUT2D eigenvalue weighted by atomic mass is 19.4. The van der Waals surface area contributed by atoms with Gasteiger partial charge in [-0.15, -0.1) is 0 Å². The average molecular weight is 440 g/mol. The number of aliphatic hydroxyl groups is 1. The van der Waals surface area contributed by atoms with Crippen molar-refractivity contribution in [1.29, 1.82) is 0 Å². The number of rotatable bonds is 7. The molecule has 6 nitrogen and oxygen atoms in total. The number of pyridine rings is 1. The molecule has 0 saturated heterocycles. The molecule has 0 bridgehead atoms. The van der Waals surface area contributed by atoms with Crippen LogP contribution in [0.1, 0.15) is 24.0 Å². The molecule has 0 atom stereocenters. The van der Waals surface area contributed by atoms with Crippen molar-refractivity contribution in [3.05, 3.63) is 72.3 Å². The summed E-state index contributed by atoms with van der Waals surface area (Å²) in [6.07, 6.45) is 0.638. The number of Topliss-reactive ketones (excluding diaryl/α,β-unsaturated/α-hetero) is 1. The monoisotopic (exact) mass is 440 g/mol. The van der Waals surface area contributed by atoms with E-state index >= 15 is 0 Å². The first kappa shape index (κ1) is 21.6. The van der Waals surface area contributed by atoms with Crippen molar-refractivity contribution < 1.29 is 23.1 Å². The Morgan fingerprint density at radius 2 is 1.75 bits per heavy atom. The maximum Gasteiger partial charge on any atom is 0.389 e. The van der Waals surface area contributed by atoms with Crippen LogP contribution >= 0.6 is 0 Å². The quantitative estimate of drug-likeness (QED) is 0.461. The molecule has 164 valence electrons. The maximum absolute atomic E-state index is 12.3. The highest BCUT2D eigenvalue weighted by molar-refractivity contribution is 5.81. The number of hydrogen-bond acceptors (Lipinski definition) is 5. The first-order valence-corrected chi connectivity index (χ1v) is 9.89. The number of hydrogen-bond donors (Lipinski definition) is 1. The van der Waals surface area contributed by atoms with E-state index in [1.807, 2.05) is 28.8 Å². The molecule has 0 amide bonds. The van der Waals surface area contributed by atoms with E-state index in [0.29, 0.717) is 22.6 Å². The second-order valence-electron chi connectivity index (χ2n) is 7.39. The van der Waals surface area contributed by atoms with Crippen LogP contribution in [0.15, 0.2) is 61.2 Å². The fraction of sp³-hybridized carbons (Fsp3) is 0.217. The normalized spacial score (nSPS) is 11.8. The van der Waals surface area contributed by atoms with Crippen LogP contribution in [0.25, 0.3) is 28.3 Å². The summed E-state index contributed by atoms with van der Waals surface area (Å²) in [6, 6.07) is 10.8. The lowest BCUT2D eigenvalue weighted by atomic mass is 10.0. The minimum atomic E-state index is -4.33. The SMILES string of the molecule is O=C(CCC(F)(F)F)Cc1cccc(-c2cnc3cc(-c4ncc(CO)cn4)ccn23)c1. The van der Waals surface area contributed by atoms with E-state index in [1.165, 1.54) is 0 Å². The van der Waals surface area contributed by atoms with Crippen molar-refractivity contribution >= 4 is 11.4 Å². The van der Waals surface area contributed by atoms with Gasteiger partial charge in [-0.05, 0) is 23.8 Å². The van der Waals surface area contributed by atoms with Crippen LogP contribution in [-0.2, 0) is 17.8 Å². The van der Waals surface area contributed by atoms with E-state index < -0.39 is 24.8 Å². The van der Waals surface area contributed by atoms with Crippen LogP contribution in [-0.4, -0.2) is 36.4 Å². The molecule has 9 heteroatoms. The lowest BCUT2D eigenvalue weighted by Gasteiger charge is -2.08. The topological polar surface area (TPSA) is 80.4 Å². The summed E-state index contributed by atoms with van der Waals surface area (Å²) >= 11 is 0. The van der Waals surface area contributed by atoms with Gasteiger partial charge in [-0.3, -0.25) is 9.20 Å². The minimum absolute atomic E-state index is 0.0496. The van der Waals surface area contributed by atoms with E-state index in [0.717, 1.165) is 16.8 Å². The van der Waals surface area contributed by atoms with Crippen molar-refractivity contribution in [2.45, 2.75) is 32.0 Å². The molecule has 0 aliphatic carbocycles. The number of aromatic nitrogens is 4. The molecule has 0 spiro atoms. The molecular formula is C23H19F3N4O2. The van der Waals surface area contributed by atoms with E-state index in [-0.39, 0.29) is 13.0 Å². The van der Waals surface area contributed by atoms with E-state index in [2.05, 4.69) is 15.0 Å². The molecular weight excluding hydrogens is 421 g/mol. The van der Waals surface area contributed by atoms with Crippen molar-refractivity contribution in [2.75, 3.05) is 0 Å². The number of carbonyl (C=O) groups is 1. The van der Waals surface area contributed by atoms with Crippen molar-refractivity contribution in [1.82, 2.24) is 19.4 Å². The van der Waals surface area contributed by atoms with Gasteiger partial charge in [-0.1, -0.05) is 18.2 Å². The van der Waals surface area contributed by atoms with Crippen LogP contribution in [0, 0.1) is 0 Å². The second-order valence-corrected chi connectivity index (χ2v) is 7.39. The first-order valence-electron chi connectivity index (χ1n) is 9.89. The molecule has 1 aromatic carbocycles. The Kier molecular flexibility index (Phi) is 6.00. The number of fused-ring (bicyclic) bond motifs is 1. The molecule has 0 radical (unpaired) electrons. The molecule has 0 unspecified atom stereocenters. The van der Waals surface area contributed by atoms with E-state index in [9.17, 15) is 18.0 Å². The Hall–Kier alpha value is -3.59. The van der Waals surface area contributed by atoms with Gasteiger partial charge in [0.15, 0.2) is 5.82 Å². The number of nitrogens with zero attached hydrogens (tertiary/aromatic N) is 4. The van der Waals surface area contributed by atoms with Crippen molar-refractivity contribution in [3.8, 4) is 22.6 Å². The molecule has 0 aliphatic rings. The lowest BCUT2D eigenvalue weighted by Crippen LogP contribution is -2.12.